The third kappa shape index (κ3) is 7.82. The lowest BCUT2D eigenvalue weighted by Gasteiger charge is -2.33. The number of halogens is 4. The third-order valence-electron chi connectivity index (χ3n) is 3.13. The summed E-state index contributed by atoms with van der Waals surface area (Å²) in [5, 5.41) is 4.89. The number of nitrogens with one attached hydrogen (secondary N) is 2. The molecule has 0 aliphatic heterocycles. The Kier molecular flexibility index (Phi) is 7.56. The van der Waals surface area contributed by atoms with Crippen molar-refractivity contribution in [1.29, 1.82) is 0 Å². The first-order valence-electron chi connectivity index (χ1n) is 7.84. The number of alkyl carbamates (subject to hydrolysis) is 1. The molecule has 0 spiro atoms. The molecular weight excluding hydrogens is 513 g/mol. The van der Waals surface area contributed by atoms with Gasteiger partial charge in [0.25, 0.3) is 5.91 Å². The Morgan fingerprint density at radius 1 is 1.30 bits per heavy atom. The number of carbonyl (C=O) groups is 2. The molecule has 0 aliphatic rings. The minimum atomic E-state index is -1.57. The topological polar surface area (TPSA) is 106 Å². The zero-order valence-corrected chi connectivity index (χ0v) is 19.2. The number of amides is 2. The number of nitrogens with zero attached hydrogens (tertiary/aromatic N) is 1. The number of anilines is 2. The van der Waals surface area contributed by atoms with E-state index in [0.29, 0.717) is 0 Å². The molecule has 0 fully saturated rings. The highest BCUT2D eigenvalue weighted by molar-refractivity contribution is 14.1. The van der Waals surface area contributed by atoms with Crippen LogP contribution in [0.15, 0.2) is 6.07 Å². The first-order chi connectivity index (χ1) is 12.0. The van der Waals surface area contributed by atoms with Crippen LogP contribution in [-0.2, 0) is 9.53 Å². The predicted molar refractivity (Wildman–Crippen MR) is 112 cm³/mol. The molecule has 11 heteroatoms. The summed E-state index contributed by atoms with van der Waals surface area (Å²) in [7, 11) is 0. The normalized spacial score (nSPS) is 14.3. The van der Waals surface area contributed by atoms with Crippen LogP contribution < -0.4 is 16.4 Å². The largest absolute Gasteiger partial charge is 0.444 e. The van der Waals surface area contributed by atoms with Crippen LogP contribution in [0.2, 0.25) is 0 Å². The van der Waals surface area contributed by atoms with Gasteiger partial charge in [0, 0.05) is 12.5 Å². The summed E-state index contributed by atoms with van der Waals surface area (Å²) in [5.41, 5.74) is 3.45. The van der Waals surface area contributed by atoms with Gasteiger partial charge in [0.1, 0.15) is 21.3 Å². The summed E-state index contributed by atoms with van der Waals surface area (Å²) in [4.78, 5) is 28.6. The summed E-state index contributed by atoms with van der Waals surface area (Å²) in [6.07, 6.45) is -0.990. The maximum Gasteiger partial charge on any atom is 0.408 e. The zero-order chi connectivity index (χ0) is 21.2. The van der Waals surface area contributed by atoms with E-state index >= 15 is 0 Å². The summed E-state index contributed by atoms with van der Waals surface area (Å²) >= 11 is 13.8. The number of pyridine rings is 1. The van der Waals surface area contributed by atoms with E-state index in [-0.39, 0.29) is 21.5 Å². The van der Waals surface area contributed by atoms with Gasteiger partial charge in [-0.2, -0.15) is 4.39 Å². The second kappa shape index (κ2) is 8.52. The Balaban J connectivity index is 3.11. The van der Waals surface area contributed by atoms with Gasteiger partial charge in [-0.15, -0.1) is 23.2 Å². The van der Waals surface area contributed by atoms with Gasteiger partial charge in [0.05, 0.1) is 9.26 Å². The molecule has 4 N–H and O–H groups in total. The first kappa shape index (κ1) is 24.0. The highest BCUT2D eigenvalue weighted by Crippen LogP contribution is 2.32. The fourth-order valence-electron chi connectivity index (χ4n) is 2.17. The molecule has 7 nitrogen and oxygen atoms in total. The van der Waals surface area contributed by atoms with Gasteiger partial charge in [-0.05, 0) is 57.2 Å². The standard InChI is InChI=1S/C16H22Cl2FIN4O3/c1-14(2,3)27-13(26)24-15(4,7-16(5,17)18)12(25)23-9-6-8(21)10(20)11(19)22-9/h6H,7H2,1-5H3,(H,24,26)(H3,21,22,23,25)/t15-/m0/s1. The molecule has 1 rings (SSSR count). The van der Waals surface area contributed by atoms with Crippen LogP contribution in [-0.4, -0.2) is 32.5 Å². The molecule has 0 radical (unpaired) electrons. The van der Waals surface area contributed by atoms with Crippen molar-refractivity contribution in [3.05, 3.63) is 15.6 Å². The number of aromatic nitrogens is 1. The molecule has 1 aromatic heterocycles. The number of nitrogens with two attached hydrogens (primary N) is 1. The van der Waals surface area contributed by atoms with Crippen molar-refractivity contribution < 1.29 is 18.7 Å². The lowest BCUT2D eigenvalue weighted by atomic mass is 9.94. The number of alkyl halides is 2. The molecule has 0 bridgehead atoms. The van der Waals surface area contributed by atoms with Crippen molar-refractivity contribution in [3.8, 4) is 0 Å². The fraction of sp³-hybridized carbons (Fsp3) is 0.562. The molecule has 0 saturated heterocycles. The van der Waals surface area contributed by atoms with Gasteiger partial charge in [-0.1, -0.05) is 0 Å². The number of carbonyl (C=O) groups excluding carboxylic acids is 2. The van der Waals surface area contributed by atoms with Crippen molar-refractivity contribution in [1.82, 2.24) is 10.3 Å². The highest BCUT2D eigenvalue weighted by Gasteiger charge is 2.42. The minimum Gasteiger partial charge on any atom is -0.444 e. The van der Waals surface area contributed by atoms with E-state index in [1.165, 1.54) is 19.9 Å². The van der Waals surface area contributed by atoms with E-state index in [4.69, 9.17) is 33.7 Å². The number of hydrogen-bond donors (Lipinski definition) is 3. The van der Waals surface area contributed by atoms with Crippen molar-refractivity contribution in [2.45, 2.75) is 56.5 Å². The smallest absolute Gasteiger partial charge is 0.408 e. The summed E-state index contributed by atoms with van der Waals surface area (Å²) in [6, 6.07) is 1.30. The lowest BCUT2D eigenvalue weighted by Crippen LogP contribution is -2.57. The van der Waals surface area contributed by atoms with Crippen molar-refractivity contribution >= 4 is 69.3 Å². The second-order valence-electron chi connectivity index (χ2n) is 7.36. The quantitative estimate of drug-likeness (QED) is 0.298. The monoisotopic (exact) mass is 534 g/mol. The maximum absolute atomic E-state index is 13.8. The van der Waals surface area contributed by atoms with Crippen LogP contribution in [0.3, 0.4) is 0 Å². The SMILES string of the molecule is CC(Cl)(Cl)C[C@](C)(NC(=O)OC(C)(C)C)C(=O)Nc1cc(N)c(I)c(F)n1. The van der Waals surface area contributed by atoms with Crippen molar-refractivity contribution in [2.75, 3.05) is 11.1 Å². The zero-order valence-electron chi connectivity index (χ0n) is 15.5. The van der Waals surface area contributed by atoms with E-state index in [1.54, 1.807) is 43.4 Å². The Morgan fingerprint density at radius 2 is 1.85 bits per heavy atom. The third-order valence-corrected chi connectivity index (χ3v) is 4.46. The average Bonchev–Trinajstić information content (AvgIpc) is 2.39. The number of rotatable bonds is 5. The van der Waals surface area contributed by atoms with Crippen LogP contribution in [0.5, 0.6) is 0 Å². The molecule has 1 aromatic rings. The fourth-order valence-corrected chi connectivity index (χ4v) is 2.98. The Bertz CT molecular complexity index is 714. The molecule has 0 aliphatic carbocycles. The van der Waals surface area contributed by atoms with E-state index in [1.807, 2.05) is 0 Å². The van der Waals surface area contributed by atoms with Crippen LogP contribution in [0.25, 0.3) is 0 Å². The van der Waals surface area contributed by atoms with Crippen LogP contribution in [0.1, 0.15) is 41.0 Å². The predicted octanol–water partition coefficient (Wildman–Crippen LogP) is 4.21. The van der Waals surface area contributed by atoms with Gasteiger partial charge >= 0.3 is 6.09 Å². The van der Waals surface area contributed by atoms with E-state index < -0.39 is 33.4 Å². The van der Waals surface area contributed by atoms with E-state index in [9.17, 15) is 14.0 Å². The summed E-state index contributed by atoms with van der Waals surface area (Å²) < 4.78 is 17.8. The van der Waals surface area contributed by atoms with Crippen LogP contribution in [0, 0.1) is 9.52 Å². The molecule has 0 aromatic carbocycles. The van der Waals surface area contributed by atoms with Crippen LogP contribution in [0.4, 0.5) is 20.7 Å². The van der Waals surface area contributed by atoms with E-state index in [2.05, 4.69) is 15.6 Å². The molecule has 0 saturated carbocycles. The Labute approximate surface area is 181 Å². The summed E-state index contributed by atoms with van der Waals surface area (Å²) in [5.74, 6) is -1.65. The van der Waals surface area contributed by atoms with Gasteiger partial charge < -0.3 is 21.1 Å². The van der Waals surface area contributed by atoms with E-state index in [0.717, 1.165) is 0 Å². The van der Waals surface area contributed by atoms with Gasteiger partial charge in [-0.25, -0.2) is 9.78 Å². The molecule has 0 unspecified atom stereocenters. The molecule has 1 atom stereocenters. The molecule has 27 heavy (non-hydrogen) atoms. The molecule has 1 heterocycles. The number of nitrogen functional groups attached to an aromatic ring is 1. The highest BCUT2D eigenvalue weighted by atomic mass is 127. The lowest BCUT2D eigenvalue weighted by molar-refractivity contribution is -0.122. The first-order valence-corrected chi connectivity index (χ1v) is 9.68. The molecular formula is C16H22Cl2FIN4O3. The Morgan fingerprint density at radius 3 is 2.30 bits per heavy atom. The second-order valence-corrected chi connectivity index (χ2v) is 10.3. The van der Waals surface area contributed by atoms with Crippen LogP contribution >= 0.6 is 45.8 Å². The van der Waals surface area contributed by atoms with Gasteiger partial charge in [0.15, 0.2) is 0 Å². The van der Waals surface area contributed by atoms with Gasteiger partial charge in [0.2, 0.25) is 5.95 Å². The average molecular weight is 535 g/mol. The molecule has 2 amide bonds. The maximum atomic E-state index is 13.8. The van der Waals surface area contributed by atoms with Crippen molar-refractivity contribution in [2.24, 2.45) is 0 Å². The van der Waals surface area contributed by atoms with Gasteiger partial charge in [-0.3, -0.25) is 4.79 Å². The van der Waals surface area contributed by atoms with Crippen molar-refractivity contribution in [3.63, 3.8) is 0 Å². The Hall–Kier alpha value is -1.07. The minimum absolute atomic E-state index is 0.111. The molecule has 152 valence electrons. The number of ether oxygens (including phenoxy) is 1. The summed E-state index contributed by atoms with van der Waals surface area (Å²) in [6.45, 7) is 7.93. The number of hydrogen-bond acceptors (Lipinski definition) is 5.